The first-order valence-electron chi connectivity index (χ1n) is 11.5. The van der Waals surface area contributed by atoms with E-state index in [4.69, 9.17) is 14.2 Å². The van der Waals surface area contributed by atoms with E-state index < -0.39 is 0 Å². The molecule has 0 aliphatic carbocycles. The zero-order valence-corrected chi connectivity index (χ0v) is 22.7. The third kappa shape index (κ3) is 9.95. The van der Waals surface area contributed by atoms with Gasteiger partial charge in [-0.25, -0.2) is 0 Å². The molecule has 7 nitrogen and oxygen atoms in total. The molecule has 0 saturated carbocycles. The summed E-state index contributed by atoms with van der Waals surface area (Å²) in [5.41, 5.74) is 2.19. The van der Waals surface area contributed by atoms with Gasteiger partial charge in [-0.15, -0.1) is 12.4 Å². The molecule has 9 heteroatoms. The number of nitrogens with one attached hydrogen (secondary N) is 2. The number of morpholine rings is 1. The zero-order valence-electron chi connectivity index (χ0n) is 19.7. The summed E-state index contributed by atoms with van der Waals surface area (Å²) in [6.07, 6.45) is 1.11. The molecule has 1 heterocycles. The summed E-state index contributed by atoms with van der Waals surface area (Å²) in [5, 5.41) is 6.41. The van der Waals surface area contributed by atoms with Gasteiger partial charge in [0.2, 0.25) is 0 Å². The van der Waals surface area contributed by atoms with Crippen molar-refractivity contribution in [2.75, 3.05) is 52.6 Å². The van der Waals surface area contributed by atoms with Crippen molar-refractivity contribution in [1.29, 1.82) is 0 Å². The van der Waals surface area contributed by atoms with Gasteiger partial charge in [-0.2, -0.15) is 0 Å². The second kappa shape index (κ2) is 16.1. The Morgan fingerprint density at radius 3 is 2.59 bits per heavy atom. The molecule has 0 bridgehead atoms. The normalized spacial score (nSPS) is 13.7. The third-order valence-corrected chi connectivity index (χ3v) is 6.11. The van der Waals surface area contributed by atoms with Gasteiger partial charge in [0.1, 0.15) is 0 Å². The molecule has 34 heavy (non-hydrogen) atoms. The summed E-state index contributed by atoms with van der Waals surface area (Å²) >= 11 is 2.24. The highest BCUT2D eigenvalue weighted by Crippen LogP contribution is 2.34. The first kappa shape index (κ1) is 28.6. The Labute approximate surface area is 222 Å². The monoisotopic (exact) mass is 603 g/mol. The van der Waals surface area contributed by atoms with Crippen LogP contribution in [-0.2, 0) is 22.6 Å². The Kier molecular flexibility index (Phi) is 13.6. The average Bonchev–Trinajstić information content (AvgIpc) is 2.83. The van der Waals surface area contributed by atoms with Crippen LogP contribution in [0.5, 0.6) is 11.5 Å². The van der Waals surface area contributed by atoms with Crippen molar-refractivity contribution in [3.8, 4) is 11.5 Å². The van der Waals surface area contributed by atoms with E-state index in [1.54, 1.807) is 0 Å². The zero-order chi connectivity index (χ0) is 23.3. The van der Waals surface area contributed by atoms with Crippen molar-refractivity contribution < 1.29 is 19.0 Å². The van der Waals surface area contributed by atoms with Crippen LogP contribution in [0, 0.1) is 3.57 Å². The second-order valence-electron chi connectivity index (χ2n) is 7.87. The molecular formula is C25H35ClIN3O4. The number of amides is 1. The highest BCUT2D eigenvalue weighted by Gasteiger charge is 2.14. The van der Waals surface area contributed by atoms with Crippen LogP contribution >= 0.6 is 35.0 Å². The summed E-state index contributed by atoms with van der Waals surface area (Å²) in [4.78, 5) is 14.7. The summed E-state index contributed by atoms with van der Waals surface area (Å²) in [6, 6.07) is 13.9. The van der Waals surface area contributed by atoms with Crippen LogP contribution in [-0.4, -0.2) is 63.4 Å². The molecule has 1 aliphatic rings. The standard InChI is InChI=1S/C25H34IN3O4.ClH/c1-2-32-23-16-21(17-27-9-6-10-29-11-13-31-14-12-29)15-22(26)25(23)33-19-24(30)28-18-20-7-4-3-5-8-20;/h3-5,7-8,15-16,27H,2,6,9-14,17-19H2,1H3,(H,28,30);1H. The van der Waals surface area contributed by atoms with E-state index in [9.17, 15) is 4.79 Å². The molecule has 1 fully saturated rings. The number of carbonyl (C=O) groups is 1. The fourth-order valence-electron chi connectivity index (χ4n) is 3.60. The van der Waals surface area contributed by atoms with E-state index in [1.165, 1.54) is 0 Å². The first-order valence-corrected chi connectivity index (χ1v) is 12.6. The summed E-state index contributed by atoms with van der Waals surface area (Å²) in [6.45, 7) is 9.46. The van der Waals surface area contributed by atoms with E-state index in [0.717, 1.165) is 67.1 Å². The molecule has 0 radical (unpaired) electrons. The fourth-order valence-corrected chi connectivity index (χ4v) is 4.42. The number of benzene rings is 2. The van der Waals surface area contributed by atoms with Gasteiger partial charge in [-0.05, 0) is 72.3 Å². The second-order valence-corrected chi connectivity index (χ2v) is 9.04. The molecule has 0 aromatic heterocycles. The van der Waals surface area contributed by atoms with Gasteiger partial charge in [0.05, 0.1) is 23.4 Å². The number of nitrogens with zero attached hydrogens (tertiary/aromatic N) is 1. The van der Waals surface area contributed by atoms with Crippen molar-refractivity contribution in [2.24, 2.45) is 0 Å². The maximum atomic E-state index is 12.3. The minimum Gasteiger partial charge on any atom is -0.490 e. The Bertz CT molecular complexity index is 867. The molecule has 2 aromatic carbocycles. The molecule has 0 unspecified atom stereocenters. The maximum absolute atomic E-state index is 12.3. The van der Waals surface area contributed by atoms with Crippen LogP contribution in [0.2, 0.25) is 0 Å². The maximum Gasteiger partial charge on any atom is 0.258 e. The van der Waals surface area contributed by atoms with Crippen LogP contribution in [0.25, 0.3) is 0 Å². The lowest BCUT2D eigenvalue weighted by molar-refractivity contribution is -0.123. The Morgan fingerprint density at radius 2 is 1.85 bits per heavy atom. The van der Waals surface area contributed by atoms with Crippen molar-refractivity contribution >= 4 is 40.9 Å². The average molecular weight is 604 g/mol. The van der Waals surface area contributed by atoms with E-state index in [2.05, 4.69) is 44.2 Å². The SMILES string of the molecule is CCOc1cc(CNCCCN2CCOCC2)cc(I)c1OCC(=O)NCc1ccccc1.Cl. The molecule has 1 amide bonds. The summed E-state index contributed by atoms with van der Waals surface area (Å²) in [5.74, 6) is 1.12. The van der Waals surface area contributed by atoms with E-state index in [-0.39, 0.29) is 24.9 Å². The van der Waals surface area contributed by atoms with E-state index >= 15 is 0 Å². The summed E-state index contributed by atoms with van der Waals surface area (Å²) < 4.78 is 18.0. The third-order valence-electron chi connectivity index (χ3n) is 5.31. The van der Waals surface area contributed by atoms with Crippen molar-refractivity contribution in [3.63, 3.8) is 0 Å². The number of rotatable bonds is 13. The molecule has 3 rings (SSSR count). The van der Waals surface area contributed by atoms with Crippen LogP contribution in [0.3, 0.4) is 0 Å². The minimum atomic E-state index is -0.164. The van der Waals surface area contributed by atoms with Crippen molar-refractivity contribution in [1.82, 2.24) is 15.5 Å². The van der Waals surface area contributed by atoms with Crippen LogP contribution in [0.4, 0.5) is 0 Å². The number of hydrogen-bond acceptors (Lipinski definition) is 6. The molecule has 0 spiro atoms. The summed E-state index contributed by atoms with van der Waals surface area (Å²) in [7, 11) is 0. The topological polar surface area (TPSA) is 72.1 Å². The predicted molar refractivity (Wildman–Crippen MR) is 145 cm³/mol. The molecule has 2 N–H and O–H groups in total. The van der Waals surface area contributed by atoms with Crippen LogP contribution < -0.4 is 20.1 Å². The Balaban J connectivity index is 0.00000408. The first-order chi connectivity index (χ1) is 16.2. The van der Waals surface area contributed by atoms with Crippen molar-refractivity contribution in [3.05, 3.63) is 57.2 Å². The minimum absolute atomic E-state index is 0. The Hall–Kier alpha value is -1.59. The highest BCUT2D eigenvalue weighted by atomic mass is 127. The fraction of sp³-hybridized carbons (Fsp3) is 0.480. The lowest BCUT2D eigenvalue weighted by atomic mass is 10.2. The lowest BCUT2D eigenvalue weighted by Crippen LogP contribution is -2.37. The molecule has 0 atom stereocenters. The van der Waals surface area contributed by atoms with E-state index in [1.807, 2.05) is 43.3 Å². The molecular weight excluding hydrogens is 569 g/mol. The lowest BCUT2D eigenvalue weighted by Gasteiger charge is -2.26. The van der Waals surface area contributed by atoms with Gasteiger partial charge in [-0.1, -0.05) is 30.3 Å². The van der Waals surface area contributed by atoms with Gasteiger partial charge >= 0.3 is 0 Å². The molecule has 188 valence electrons. The predicted octanol–water partition coefficient (Wildman–Crippen LogP) is 3.62. The van der Waals surface area contributed by atoms with Crippen LogP contribution in [0.15, 0.2) is 42.5 Å². The van der Waals surface area contributed by atoms with Gasteiger partial charge in [-0.3, -0.25) is 9.69 Å². The van der Waals surface area contributed by atoms with Crippen molar-refractivity contribution in [2.45, 2.75) is 26.4 Å². The van der Waals surface area contributed by atoms with Gasteiger partial charge < -0.3 is 24.8 Å². The Morgan fingerprint density at radius 1 is 1.09 bits per heavy atom. The molecule has 2 aromatic rings. The largest absolute Gasteiger partial charge is 0.490 e. The highest BCUT2D eigenvalue weighted by molar-refractivity contribution is 14.1. The quantitative estimate of drug-likeness (QED) is 0.269. The van der Waals surface area contributed by atoms with Gasteiger partial charge in [0, 0.05) is 26.2 Å². The van der Waals surface area contributed by atoms with Crippen LogP contribution in [0.1, 0.15) is 24.5 Å². The number of hydrogen-bond donors (Lipinski definition) is 2. The van der Waals surface area contributed by atoms with E-state index in [0.29, 0.717) is 24.7 Å². The van der Waals surface area contributed by atoms with Gasteiger partial charge in [0.25, 0.3) is 5.91 Å². The molecule has 1 aliphatic heterocycles. The number of ether oxygens (including phenoxy) is 3. The molecule has 1 saturated heterocycles. The number of carbonyl (C=O) groups excluding carboxylic acids is 1. The number of halogens is 2. The smallest absolute Gasteiger partial charge is 0.258 e. The van der Waals surface area contributed by atoms with Gasteiger partial charge in [0.15, 0.2) is 18.1 Å².